The number of nitrogens with one attached hydrogen (secondary N) is 1. The van der Waals surface area contributed by atoms with Gasteiger partial charge in [-0.15, -0.1) is 0 Å². The van der Waals surface area contributed by atoms with Gasteiger partial charge < -0.3 is 9.64 Å². The van der Waals surface area contributed by atoms with Crippen molar-refractivity contribution in [3.05, 3.63) is 83.9 Å². The van der Waals surface area contributed by atoms with E-state index in [9.17, 15) is 8.42 Å². The van der Waals surface area contributed by atoms with E-state index in [1.54, 1.807) is 12.1 Å². The van der Waals surface area contributed by atoms with Crippen LogP contribution in [0.5, 0.6) is 5.88 Å². The molecular weight excluding hydrogens is 448 g/mol. The van der Waals surface area contributed by atoms with E-state index < -0.39 is 10.0 Å². The van der Waals surface area contributed by atoms with Crippen LogP contribution in [0, 0.1) is 0 Å². The Morgan fingerprint density at radius 2 is 1.53 bits per heavy atom. The van der Waals surface area contributed by atoms with Crippen LogP contribution in [-0.2, 0) is 10.0 Å². The predicted molar refractivity (Wildman–Crippen MR) is 127 cm³/mol. The molecule has 1 aromatic heterocycles. The van der Waals surface area contributed by atoms with Gasteiger partial charge in [-0.1, -0.05) is 41.9 Å². The maximum Gasteiger partial charge on any atom is 0.263 e. The van der Waals surface area contributed by atoms with Crippen LogP contribution < -0.4 is 14.4 Å². The standard InChI is InChI=1S/C23H21ClN4O3S/c1-28(18-7-3-2-4-8-18)15-16-31-23-22(25-20-9-5-6-10-21(20)26-23)27-32(29,30)19-13-11-17(24)12-14-19/h2-14H,15-16H2,1H3,(H,25,27). The number of hydrogen-bond acceptors (Lipinski definition) is 6. The maximum atomic E-state index is 12.9. The van der Waals surface area contributed by atoms with Gasteiger partial charge in [-0.05, 0) is 48.5 Å². The molecule has 0 atom stereocenters. The summed E-state index contributed by atoms with van der Waals surface area (Å²) in [5.74, 6) is 0.142. The minimum Gasteiger partial charge on any atom is -0.473 e. The molecule has 1 N–H and O–H groups in total. The summed E-state index contributed by atoms with van der Waals surface area (Å²) in [5.41, 5.74) is 2.20. The maximum absolute atomic E-state index is 12.9. The first kappa shape index (κ1) is 21.9. The largest absolute Gasteiger partial charge is 0.473 e. The first-order valence-corrected chi connectivity index (χ1v) is 11.7. The number of rotatable bonds is 8. The number of aromatic nitrogens is 2. The zero-order valence-electron chi connectivity index (χ0n) is 17.3. The Labute approximate surface area is 191 Å². The molecule has 0 aliphatic heterocycles. The van der Waals surface area contributed by atoms with Gasteiger partial charge in [-0.3, -0.25) is 4.72 Å². The molecule has 0 radical (unpaired) electrons. The summed E-state index contributed by atoms with van der Waals surface area (Å²) in [5, 5.41) is 0.445. The number of nitrogens with zero attached hydrogens (tertiary/aromatic N) is 3. The minimum atomic E-state index is -3.91. The smallest absolute Gasteiger partial charge is 0.263 e. The highest BCUT2D eigenvalue weighted by molar-refractivity contribution is 7.92. The van der Waals surface area contributed by atoms with Crippen molar-refractivity contribution in [2.24, 2.45) is 0 Å². The van der Waals surface area contributed by atoms with Crippen molar-refractivity contribution < 1.29 is 13.2 Å². The molecule has 9 heteroatoms. The second kappa shape index (κ2) is 9.42. The summed E-state index contributed by atoms with van der Waals surface area (Å²) in [6.45, 7) is 0.857. The lowest BCUT2D eigenvalue weighted by molar-refractivity contribution is 0.315. The molecule has 4 aromatic rings. The van der Waals surface area contributed by atoms with Gasteiger partial charge >= 0.3 is 0 Å². The van der Waals surface area contributed by atoms with Crippen LogP contribution in [-0.4, -0.2) is 38.6 Å². The summed E-state index contributed by atoms with van der Waals surface area (Å²) in [7, 11) is -1.95. The van der Waals surface area contributed by atoms with E-state index in [0.29, 0.717) is 22.6 Å². The van der Waals surface area contributed by atoms with E-state index >= 15 is 0 Å². The van der Waals surface area contributed by atoms with Gasteiger partial charge in [0, 0.05) is 17.8 Å². The highest BCUT2D eigenvalue weighted by atomic mass is 35.5. The highest BCUT2D eigenvalue weighted by Gasteiger charge is 2.20. The first-order chi connectivity index (χ1) is 15.4. The Morgan fingerprint density at radius 3 is 2.22 bits per heavy atom. The number of likely N-dealkylation sites (N-methyl/N-ethyl adjacent to an activating group) is 1. The number of benzene rings is 3. The second-order valence-corrected chi connectivity index (χ2v) is 9.15. The summed E-state index contributed by atoms with van der Waals surface area (Å²) in [4.78, 5) is 11.0. The lowest BCUT2D eigenvalue weighted by atomic mass is 10.3. The van der Waals surface area contributed by atoms with Crippen LogP contribution in [0.4, 0.5) is 11.5 Å². The van der Waals surface area contributed by atoms with Crippen LogP contribution in [0.3, 0.4) is 0 Å². The third-order valence-electron chi connectivity index (χ3n) is 4.76. The molecular formula is C23H21ClN4O3S. The third-order valence-corrected chi connectivity index (χ3v) is 6.36. The van der Waals surface area contributed by atoms with E-state index in [-0.39, 0.29) is 23.2 Å². The van der Waals surface area contributed by atoms with Gasteiger partial charge in [0.2, 0.25) is 5.82 Å². The van der Waals surface area contributed by atoms with Gasteiger partial charge in [-0.2, -0.15) is 0 Å². The zero-order chi connectivity index (χ0) is 22.6. The zero-order valence-corrected chi connectivity index (χ0v) is 18.8. The van der Waals surface area contributed by atoms with Crippen molar-refractivity contribution in [1.82, 2.24) is 9.97 Å². The average molecular weight is 469 g/mol. The number of halogens is 1. The van der Waals surface area contributed by atoms with E-state index in [2.05, 4.69) is 14.7 Å². The van der Waals surface area contributed by atoms with Gasteiger partial charge in [0.05, 0.1) is 22.5 Å². The monoisotopic (exact) mass is 468 g/mol. The van der Waals surface area contributed by atoms with Gasteiger partial charge in [0.15, 0.2) is 0 Å². The molecule has 0 unspecified atom stereocenters. The van der Waals surface area contributed by atoms with Crippen molar-refractivity contribution in [2.45, 2.75) is 4.90 Å². The SMILES string of the molecule is CN(CCOc1nc2ccccc2nc1NS(=O)(=O)c1ccc(Cl)cc1)c1ccccc1. The van der Waals surface area contributed by atoms with E-state index in [1.165, 1.54) is 24.3 Å². The number of para-hydroxylation sites is 3. The fourth-order valence-electron chi connectivity index (χ4n) is 3.04. The van der Waals surface area contributed by atoms with Crippen molar-refractivity contribution in [3.8, 4) is 5.88 Å². The Kier molecular flexibility index (Phi) is 6.43. The van der Waals surface area contributed by atoms with Crippen molar-refractivity contribution >= 4 is 44.2 Å². The predicted octanol–water partition coefficient (Wildman–Crippen LogP) is 4.60. The van der Waals surface area contributed by atoms with Crippen molar-refractivity contribution in [3.63, 3.8) is 0 Å². The molecule has 164 valence electrons. The van der Waals surface area contributed by atoms with Crippen molar-refractivity contribution in [1.29, 1.82) is 0 Å². The summed E-state index contributed by atoms with van der Waals surface area (Å²) in [6.07, 6.45) is 0. The fourth-order valence-corrected chi connectivity index (χ4v) is 4.17. The molecule has 0 fully saturated rings. The third kappa shape index (κ3) is 5.09. The topological polar surface area (TPSA) is 84.4 Å². The number of ether oxygens (including phenoxy) is 1. The molecule has 0 amide bonds. The van der Waals surface area contributed by atoms with Crippen LogP contribution in [0.2, 0.25) is 5.02 Å². The lowest BCUT2D eigenvalue weighted by Gasteiger charge is -2.19. The molecule has 0 aliphatic rings. The molecule has 0 aliphatic carbocycles. The highest BCUT2D eigenvalue weighted by Crippen LogP contribution is 2.26. The minimum absolute atomic E-state index is 0.0287. The quantitative estimate of drug-likeness (QED) is 0.407. The van der Waals surface area contributed by atoms with Gasteiger partial charge in [0.1, 0.15) is 6.61 Å². The first-order valence-electron chi connectivity index (χ1n) is 9.86. The fraction of sp³-hybridized carbons (Fsp3) is 0.130. The molecule has 7 nitrogen and oxygen atoms in total. The molecule has 0 bridgehead atoms. The van der Waals surface area contributed by atoms with E-state index in [4.69, 9.17) is 16.3 Å². The van der Waals surface area contributed by atoms with Crippen LogP contribution >= 0.6 is 11.6 Å². The van der Waals surface area contributed by atoms with E-state index in [1.807, 2.05) is 54.4 Å². The molecule has 32 heavy (non-hydrogen) atoms. The number of anilines is 2. The van der Waals surface area contributed by atoms with Gasteiger partial charge in [0.25, 0.3) is 15.9 Å². The average Bonchev–Trinajstić information content (AvgIpc) is 2.80. The summed E-state index contributed by atoms with van der Waals surface area (Å²) >= 11 is 5.88. The number of hydrogen-bond donors (Lipinski definition) is 1. The van der Waals surface area contributed by atoms with Crippen molar-refractivity contribution in [2.75, 3.05) is 29.8 Å². The van der Waals surface area contributed by atoms with E-state index in [0.717, 1.165) is 5.69 Å². The number of fused-ring (bicyclic) bond motifs is 1. The molecule has 0 saturated carbocycles. The second-order valence-electron chi connectivity index (χ2n) is 7.03. The van der Waals surface area contributed by atoms with Crippen LogP contribution in [0.1, 0.15) is 0 Å². The summed E-state index contributed by atoms with van der Waals surface area (Å²) < 4.78 is 34.1. The molecule has 3 aromatic carbocycles. The molecule has 0 saturated heterocycles. The Bertz CT molecular complexity index is 1320. The van der Waals surface area contributed by atoms with Crippen LogP contribution in [0.25, 0.3) is 11.0 Å². The Hall–Kier alpha value is -3.36. The summed E-state index contributed by atoms with van der Waals surface area (Å²) in [6, 6.07) is 23.0. The Morgan fingerprint density at radius 1 is 0.906 bits per heavy atom. The molecule has 1 heterocycles. The van der Waals surface area contributed by atoms with Gasteiger partial charge in [-0.25, -0.2) is 18.4 Å². The normalized spacial score (nSPS) is 11.3. The Balaban J connectivity index is 1.58. The molecule has 0 spiro atoms. The van der Waals surface area contributed by atoms with Crippen LogP contribution in [0.15, 0.2) is 83.8 Å². The number of sulfonamides is 1. The lowest BCUT2D eigenvalue weighted by Crippen LogP contribution is -2.24. The molecule has 4 rings (SSSR count).